The molecule has 3 nitrogen and oxygen atoms in total. The van der Waals surface area contributed by atoms with Gasteiger partial charge < -0.3 is 4.90 Å². The van der Waals surface area contributed by atoms with Gasteiger partial charge in [-0.25, -0.2) is 0 Å². The van der Waals surface area contributed by atoms with Crippen LogP contribution in [0.4, 0.5) is 0 Å². The molecule has 0 aliphatic carbocycles. The normalized spacial score (nSPS) is 23.6. The minimum absolute atomic E-state index is 0.0146. The molecule has 0 radical (unpaired) electrons. The van der Waals surface area contributed by atoms with Crippen LogP contribution in [0.25, 0.3) is 0 Å². The zero-order valence-electron chi connectivity index (χ0n) is 13.5. The number of benzene rings is 1. The highest BCUT2D eigenvalue weighted by Crippen LogP contribution is 2.28. The lowest BCUT2D eigenvalue weighted by Crippen LogP contribution is -2.34. The molecule has 1 fully saturated rings. The van der Waals surface area contributed by atoms with Crippen molar-refractivity contribution in [1.82, 2.24) is 10.2 Å². The third kappa shape index (κ3) is 3.85. The predicted molar refractivity (Wildman–Crippen MR) is 86.8 cm³/mol. The highest BCUT2D eigenvalue weighted by Gasteiger charge is 2.39. The first-order chi connectivity index (χ1) is 10.2. The molecule has 0 saturated carbocycles. The Bertz CT molecular complexity index is 446. The maximum Gasteiger partial charge on any atom is 0.241 e. The number of nitrogens with one attached hydrogen (secondary N) is 1. The SMILES string of the molecule is CCCCC1NC(c2ccccc2)N(CC(C)CC)C1=O. The van der Waals surface area contributed by atoms with Crippen molar-refractivity contribution < 1.29 is 4.79 Å². The number of carbonyl (C=O) groups excluding carboxylic acids is 1. The Labute approximate surface area is 128 Å². The summed E-state index contributed by atoms with van der Waals surface area (Å²) in [6.07, 6.45) is 4.31. The van der Waals surface area contributed by atoms with E-state index in [4.69, 9.17) is 0 Å². The molecule has 0 bridgehead atoms. The van der Waals surface area contributed by atoms with E-state index in [2.05, 4.69) is 38.2 Å². The van der Waals surface area contributed by atoms with Gasteiger partial charge in [0.15, 0.2) is 0 Å². The Balaban J connectivity index is 2.17. The van der Waals surface area contributed by atoms with Crippen molar-refractivity contribution >= 4 is 5.91 Å². The van der Waals surface area contributed by atoms with E-state index in [9.17, 15) is 4.79 Å². The van der Waals surface area contributed by atoms with Gasteiger partial charge >= 0.3 is 0 Å². The molecular weight excluding hydrogens is 260 g/mol. The smallest absolute Gasteiger partial charge is 0.241 e. The number of carbonyl (C=O) groups is 1. The van der Waals surface area contributed by atoms with Crippen molar-refractivity contribution in [3.05, 3.63) is 35.9 Å². The van der Waals surface area contributed by atoms with Crippen molar-refractivity contribution in [3.8, 4) is 0 Å². The van der Waals surface area contributed by atoms with Crippen LogP contribution in [0, 0.1) is 5.92 Å². The molecule has 0 spiro atoms. The van der Waals surface area contributed by atoms with Crippen molar-refractivity contribution in [3.63, 3.8) is 0 Å². The lowest BCUT2D eigenvalue weighted by Gasteiger charge is -2.27. The molecule has 1 saturated heterocycles. The van der Waals surface area contributed by atoms with Gasteiger partial charge in [0.05, 0.1) is 6.04 Å². The largest absolute Gasteiger partial charge is 0.321 e. The molecular formula is C18H28N2O. The van der Waals surface area contributed by atoms with Crippen molar-refractivity contribution in [2.75, 3.05) is 6.54 Å². The van der Waals surface area contributed by atoms with E-state index in [0.29, 0.717) is 5.92 Å². The molecule has 3 unspecified atom stereocenters. The highest BCUT2D eigenvalue weighted by molar-refractivity contribution is 5.84. The molecule has 0 aromatic heterocycles. The van der Waals surface area contributed by atoms with Gasteiger partial charge in [0, 0.05) is 6.54 Å². The average Bonchev–Trinajstić information content (AvgIpc) is 2.82. The summed E-state index contributed by atoms with van der Waals surface area (Å²) in [6, 6.07) is 10.3. The molecule has 1 heterocycles. The number of nitrogens with zero attached hydrogens (tertiary/aromatic N) is 1. The van der Waals surface area contributed by atoms with Gasteiger partial charge in [-0.05, 0) is 17.9 Å². The molecule has 3 atom stereocenters. The molecule has 1 aromatic rings. The predicted octanol–water partition coefficient (Wildman–Crippen LogP) is 3.72. The summed E-state index contributed by atoms with van der Waals surface area (Å²) < 4.78 is 0. The fraction of sp³-hybridized carbons (Fsp3) is 0.611. The van der Waals surface area contributed by atoms with Crippen molar-refractivity contribution in [2.45, 2.75) is 58.7 Å². The summed E-state index contributed by atoms with van der Waals surface area (Å²) in [5.74, 6) is 0.810. The van der Waals surface area contributed by atoms with Gasteiger partial charge in [-0.3, -0.25) is 10.1 Å². The fourth-order valence-corrected chi connectivity index (χ4v) is 2.87. The van der Waals surface area contributed by atoms with E-state index in [1.54, 1.807) is 0 Å². The molecule has 2 rings (SSSR count). The second-order valence-electron chi connectivity index (χ2n) is 6.18. The summed E-state index contributed by atoms with van der Waals surface area (Å²) in [6.45, 7) is 7.41. The Kier molecular flexibility index (Phi) is 5.80. The monoisotopic (exact) mass is 288 g/mol. The average molecular weight is 288 g/mol. The van der Waals surface area contributed by atoms with E-state index >= 15 is 0 Å². The van der Waals surface area contributed by atoms with E-state index in [1.165, 1.54) is 5.56 Å². The topological polar surface area (TPSA) is 32.3 Å². The maximum atomic E-state index is 12.7. The number of amides is 1. The third-order valence-corrected chi connectivity index (χ3v) is 4.42. The third-order valence-electron chi connectivity index (χ3n) is 4.42. The van der Waals surface area contributed by atoms with Gasteiger partial charge in [-0.1, -0.05) is 70.4 Å². The summed E-state index contributed by atoms with van der Waals surface area (Å²) in [4.78, 5) is 14.8. The van der Waals surface area contributed by atoms with Crippen molar-refractivity contribution in [1.29, 1.82) is 0 Å². The Morgan fingerprint density at radius 1 is 1.24 bits per heavy atom. The lowest BCUT2D eigenvalue weighted by atomic mass is 10.1. The van der Waals surface area contributed by atoms with Crippen LogP contribution in [0.3, 0.4) is 0 Å². The molecule has 1 amide bonds. The van der Waals surface area contributed by atoms with Crippen LogP contribution in [-0.4, -0.2) is 23.4 Å². The number of unbranched alkanes of at least 4 members (excludes halogenated alkanes) is 1. The quantitative estimate of drug-likeness (QED) is 0.829. The van der Waals surface area contributed by atoms with Crippen LogP contribution >= 0.6 is 0 Å². The first-order valence-electron chi connectivity index (χ1n) is 8.28. The summed E-state index contributed by atoms with van der Waals surface area (Å²) in [5, 5.41) is 3.55. The van der Waals surface area contributed by atoms with E-state index in [-0.39, 0.29) is 18.1 Å². The first kappa shape index (κ1) is 16.0. The van der Waals surface area contributed by atoms with Gasteiger partial charge in [-0.15, -0.1) is 0 Å². The minimum atomic E-state index is -0.0146. The van der Waals surface area contributed by atoms with Crippen LogP contribution in [0.5, 0.6) is 0 Å². The molecule has 116 valence electrons. The van der Waals surface area contributed by atoms with E-state index in [1.807, 2.05) is 23.1 Å². The van der Waals surface area contributed by atoms with Crippen molar-refractivity contribution in [2.24, 2.45) is 5.92 Å². The summed E-state index contributed by atoms with van der Waals surface area (Å²) >= 11 is 0. The second-order valence-corrected chi connectivity index (χ2v) is 6.18. The molecule has 1 aromatic carbocycles. The fourth-order valence-electron chi connectivity index (χ4n) is 2.87. The van der Waals surface area contributed by atoms with Crippen LogP contribution in [0.2, 0.25) is 0 Å². The van der Waals surface area contributed by atoms with Crippen LogP contribution in [0.15, 0.2) is 30.3 Å². The van der Waals surface area contributed by atoms with Gasteiger partial charge in [0.1, 0.15) is 6.17 Å². The van der Waals surface area contributed by atoms with Crippen LogP contribution < -0.4 is 5.32 Å². The van der Waals surface area contributed by atoms with Gasteiger partial charge in [0.25, 0.3) is 0 Å². The first-order valence-corrected chi connectivity index (χ1v) is 8.28. The van der Waals surface area contributed by atoms with Crippen LogP contribution in [0.1, 0.15) is 58.2 Å². The van der Waals surface area contributed by atoms with E-state index < -0.39 is 0 Å². The highest BCUT2D eigenvalue weighted by atomic mass is 16.2. The lowest BCUT2D eigenvalue weighted by molar-refractivity contribution is -0.130. The number of hydrogen-bond donors (Lipinski definition) is 1. The maximum absolute atomic E-state index is 12.7. The van der Waals surface area contributed by atoms with Crippen LogP contribution in [-0.2, 0) is 4.79 Å². The zero-order chi connectivity index (χ0) is 15.2. The second kappa shape index (κ2) is 7.60. The molecule has 1 aliphatic heterocycles. The number of hydrogen-bond acceptors (Lipinski definition) is 2. The van der Waals surface area contributed by atoms with E-state index in [0.717, 1.165) is 32.2 Å². The zero-order valence-corrected chi connectivity index (χ0v) is 13.5. The standard InChI is InChI=1S/C18H28N2O/c1-4-6-12-16-18(21)20(13-14(3)5-2)17(19-16)15-10-8-7-9-11-15/h7-11,14,16-17,19H,4-6,12-13H2,1-3H3. The van der Waals surface area contributed by atoms with Gasteiger partial charge in [0.2, 0.25) is 5.91 Å². The summed E-state index contributed by atoms with van der Waals surface area (Å²) in [5.41, 5.74) is 1.19. The Morgan fingerprint density at radius 2 is 1.95 bits per heavy atom. The molecule has 21 heavy (non-hydrogen) atoms. The molecule has 1 N–H and O–H groups in total. The minimum Gasteiger partial charge on any atom is -0.321 e. The Hall–Kier alpha value is -1.35. The van der Waals surface area contributed by atoms with Gasteiger partial charge in [-0.2, -0.15) is 0 Å². The Morgan fingerprint density at radius 3 is 2.57 bits per heavy atom. The summed E-state index contributed by atoms with van der Waals surface area (Å²) in [7, 11) is 0. The molecule has 1 aliphatic rings. The number of rotatable bonds is 7. The molecule has 3 heteroatoms.